The van der Waals surface area contributed by atoms with Gasteiger partial charge < -0.3 is 24.2 Å². The number of aliphatic hydroxyl groups is 1. The number of carbonyl (C=O) groups excluding carboxylic acids is 1. The van der Waals surface area contributed by atoms with Crippen LogP contribution >= 0.6 is 0 Å². The fourth-order valence-corrected chi connectivity index (χ4v) is 4.47. The second kappa shape index (κ2) is 11.2. The summed E-state index contributed by atoms with van der Waals surface area (Å²) in [4.78, 5) is 17.0. The molecule has 1 N–H and O–H groups in total. The van der Waals surface area contributed by atoms with Gasteiger partial charge in [0.15, 0.2) is 11.5 Å². The van der Waals surface area contributed by atoms with E-state index < -0.39 is 0 Å². The number of likely N-dealkylation sites (N-methyl/N-ethyl adjacent to an activating group) is 1. The Hall–Kier alpha value is -2.69. The van der Waals surface area contributed by atoms with E-state index in [2.05, 4.69) is 29.2 Å². The van der Waals surface area contributed by atoms with E-state index in [0.29, 0.717) is 39.1 Å². The number of ether oxygens (including phenoxy) is 3. The lowest BCUT2D eigenvalue weighted by molar-refractivity contribution is -0.136. The van der Waals surface area contributed by atoms with Crippen LogP contribution in [-0.2, 0) is 29.2 Å². The number of hydrogen-bond acceptors (Lipinski definition) is 8. The Kier molecular flexibility index (Phi) is 8.02. The highest BCUT2D eigenvalue weighted by Gasteiger charge is 2.28. The molecule has 2 aliphatic heterocycles. The Morgan fingerprint density at radius 1 is 1.29 bits per heavy atom. The molecule has 1 amide bonds. The lowest BCUT2D eigenvalue weighted by Gasteiger charge is -2.35. The van der Waals surface area contributed by atoms with Gasteiger partial charge in [0, 0.05) is 38.5 Å². The summed E-state index contributed by atoms with van der Waals surface area (Å²) >= 11 is 0. The lowest BCUT2D eigenvalue weighted by Crippen LogP contribution is -2.47. The third-order valence-electron chi connectivity index (χ3n) is 6.52. The molecule has 0 aliphatic carbocycles. The first-order valence-corrected chi connectivity index (χ1v) is 11.9. The molecule has 34 heavy (non-hydrogen) atoms. The Balaban J connectivity index is 1.49. The van der Waals surface area contributed by atoms with E-state index in [1.54, 1.807) is 11.1 Å². The van der Waals surface area contributed by atoms with Crippen LogP contribution in [0.15, 0.2) is 24.4 Å². The number of hydrogen-bond donors (Lipinski definition) is 1. The largest absolute Gasteiger partial charge is 0.454 e. The van der Waals surface area contributed by atoms with Crippen molar-refractivity contribution in [2.24, 2.45) is 5.92 Å². The van der Waals surface area contributed by atoms with Crippen molar-refractivity contribution < 1.29 is 24.1 Å². The zero-order chi connectivity index (χ0) is 24.1. The second-order valence-electron chi connectivity index (χ2n) is 9.34. The van der Waals surface area contributed by atoms with Crippen molar-refractivity contribution >= 4 is 5.91 Å². The first-order chi connectivity index (χ1) is 16.4. The van der Waals surface area contributed by atoms with Gasteiger partial charge in [-0.3, -0.25) is 9.69 Å². The zero-order valence-corrected chi connectivity index (χ0v) is 20.2. The van der Waals surface area contributed by atoms with E-state index in [-0.39, 0.29) is 37.4 Å². The summed E-state index contributed by atoms with van der Waals surface area (Å²) in [7, 11) is 2.06. The average molecular weight is 474 g/mol. The maximum absolute atomic E-state index is 13.0. The molecular formula is C24H35N5O5. The monoisotopic (exact) mass is 473 g/mol. The third kappa shape index (κ3) is 5.86. The second-order valence-corrected chi connectivity index (χ2v) is 9.34. The Morgan fingerprint density at radius 2 is 2.12 bits per heavy atom. The SMILES string of the molecule is C[C@@H]1CN([C@H](C)CO)C(=O)CCCn2nncc2CO[C@H]1CN(C)Cc1ccc2c(c1)OCO2. The normalized spacial score (nSPS) is 22.3. The number of rotatable bonds is 6. The van der Waals surface area contributed by atoms with E-state index in [9.17, 15) is 9.90 Å². The van der Waals surface area contributed by atoms with Gasteiger partial charge in [0.1, 0.15) is 0 Å². The molecule has 2 aromatic rings. The van der Waals surface area contributed by atoms with E-state index >= 15 is 0 Å². The number of benzene rings is 1. The van der Waals surface area contributed by atoms with Crippen molar-refractivity contribution in [1.29, 1.82) is 0 Å². The van der Waals surface area contributed by atoms with Crippen molar-refractivity contribution in [1.82, 2.24) is 24.8 Å². The number of amides is 1. The molecule has 3 heterocycles. The van der Waals surface area contributed by atoms with Gasteiger partial charge in [-0.2, -0.15) is 0 Å². The summed E-state index contributed by atoms with van der Waals surface area (Å²) in [6.07, 6.45) is 2.67. The Bertz CT molecular complexity index is 967. The van der Waals surface area contributed by atoms with Crippen molar-refractivity contribution in [3.63, 3.8) is 0 Å². The maximum atomic E-state index is 13.0. The number of fused-ring (bicyclic) bond motifs is 2. The Labute approximate surface area is 200 Å². The van der Waals surface area contributed by atoms with Gasteiger partial charge in [-0.05, 0) is 38.1 Å². The smallest absolute Gasteiger partial charge is 0.231 e. The molecule has 10 nitrogen and oxygen atoms in total. The summed E-state index contributed by atoms with van der Waals surface area (Å²) in [5, 5.41) is 17.9. The number of nitrogens with zero attached hydrogens (tertiary/aromatic N) is 5. The molecule has 0 fully saturated rings. The highest BCUT2D eigenvalue weighted by molar-refractivity contribution is 5.76. The Morgan fingerprint density at radius 3 is 2.94 bits per heavy atom. The van der Waals surface area contributed by atoms with Gasteiger partial charge in [0.25, 0.3) is 0 Å². The molecule has 4 rings (SSSR count). The van der Waals surface area contributed by atoms with Gasteiger partial charge >= 0.3 is 0 Å². The van der Waals surface area contributed by atoms with E-state index in [0.717, 1.165) is 29.3 Å². The molecule has 0 saturated heterocycles. The highest BCUT2D eigenvalue weighted by atomic mass is 16.7. The van der Waals surface area contributed by atoms with Crippen LogP contribution in [0.4, 0.5) is 0 Å². The fraction of sp³-hybridized carbons (Fsp3) is 0.625. The average Bonchev–Trinajstić information content (AvgIpc) is 3.47. The van der Waals surface area contributed by atoms with Gasteiger partial charge in [-0.25, -0.2) is 4.68 Å². The molecule has 1 aromatic carbocycles. The highest BCUT2D eigenvalue weighted by Crippen LogP contribution is 2.32. The number of aryl methyl sites for hydroxylation is 1. The van der Waals surface area contributed by atoms with Crippen molar-refractivity contribution in [3.05, 3.63) is 35.7 Å². The molecular weight excluding hydrogens is 438 g/mol. The van der Waals surface area contributed by atoms with Crippen LogP contribution in [-0.4, -0.2) is 81.5 Å². The van der Waals surface area contributed by atoms with Crippen molar-refractivity contribution in [3.8, 4) is 11.5 Å². The predicted molar refractivity (Wildman–Crippen MR) is 124 cm³/mol. The minimum absolute atomic E-state index is 0.0445. The third-order valence-corrected chi connectivity index (χ3v) is 6.52. The standard InChI is InChI=1S/C24H35N5O5/c1-17-11-28(18(2)14-30)24(31)5-4-8-29-20(10-25-26-29)15-32-23(17)13-27(3)12-19-6-7-21-22(9-19)34-16-33-21/h6-7,9-10,17-18,23,30H,4-5,8,11-16H2,1-3H3/t17-,18-,23+/m1/s1. The van der Waals surface area contributed by atoms with E-state index in [4.69, 9.17) is 14.2 Å². The van der Waals surface area contributed by atoms with E-state index in [1.807, 2.05) is 29.8 Å². The van der Waals surface area contributed by atoms with Gasteiger partial charge in [-0.1, -0.05) is 18.2 Å². The lowest BCUT2D eigenvalue weighted by atomic mass is 10.0. The molecule has 0 radical (unpaired) electrons. The molecule has 2 aliphatic rings. The summed E-state index contributed by atoms with van der Waals surface area (Å²) in [6.45, 7) is 7.11. The maximum Gasteiger partial charge on any atom is 0.231 e. The van der Waals surface area contributed by atoms with E-state index in [1.165, 1.54) is 0 Å². The van der Waals surface area contributed by atoms with Crippen LogP contribution in [0, 0.1) is 5.92 Å². The molecule has 1 aromatic heterocycles. The van der Waals surface area contributed by atoms with Gasteiger partial charge in [0.05, 0.1) is 37.3 Å². The number of aliphatic hydroxyl groups excluding tert-OH is 1. The first kappa shape index (κ1) is 24.4. The van der Waals surface area contributed by atoms with Gasteiger partial charge in [-0.15, -0.1) is 5.10 Å². The van der Waals surface area contributed by atoms with Crippen LogP contribution in [0.2, 0.25) is 0 Å². The minimum atomic E-state index is -0.244. The fourth-order valence-electron chi connectivity index (χ4n) is 4.47. The molecule has 0 spiro atoms. The predicted octanol–water partition coefficient (Wildman–Crippen LogP) is 1.66. The van der Waals surface area contributed by atoms with Crippen LogP contribution in [0.1, 0.15) is 37.9 Å². The van der Waals surface area contributed by atoms with Crippen molar-refractivity contribution in [2.45, 2.75) is 58.5 Å². The van der Waals surface area contributed by atoms with Gasteiger partial charge in [0.2, 0.25) is 12.7 Å². The minimum Gasteiger partial charge on any atom is -0.454 e. The summed E-state index contributed by atoms with van der Waals surface area (Å²) < 4.78 is 19.1. The molecule has 10 heteroatoms. The number of carbonyl (C=O) groups is 1. The number of aromatic nitrogens is 3. The summed E-state index contributed by atoms with van der Waals surface area (Å²) in [5.41, 5.74) is 2.03. The van der Waals surface area contributed by atoms with Crippen LogP contribution in [0.3, 0.4) is 0 Å². The molecule has 3 atom stereocenters. The molecule has 0 bridgehead atoms. The summed E-state index contributed by atoms with van der Waals surface area (Å²) in [5.74, 6) is 1.65. The van der Waals surface area contributed by atoms with Crippen LogP contribution in [0.25, 0.3) is 0 Å². The molecule has 186 valence electrons. The van der Waals surface area contributed by atoms with Crippen LogP contribution < -0.4 is 9.47 Å². The topological polar surface area (TPSA) is 102 Å². The molecule has 0 saturated carbocycles. The molecule has 0 unspecified atom stereocenters. The summed E-state index contributed by atoms with van der Waals surface area (Å²) in [6, 6.07) is 5.75. The zero-order valence-electron chi connectivity index (χ0n) is 20.2. The van der Waals surface area contributed by atoms with Crippen LogP contribution in [0.5, 0.6) is 11.5 Å². The van der Waals surface area contributed by atoms with Crippen molar-refractivity contribution in [2.75, 3.05) is 33.5 Å². The quantitative estimate of drug-likeness (QED) is 0.676. The first-order valence-electron chi connectivity index (χ1n) is 11.9.